The number of nitrogens with one attached hydrogen (secondary N) is 1. The lowest BCUT2D eigenvalue weighted by Gasteiger charge is -2.12. The molecule has 2 aromatic rings. The summed E-state index contributed by atoms with van der Waals surface area (Å²) in [6.07, 6.45) is 3.22. The van der Waals surface area contributed by atoms with Crippen molar-refractivity contribution in [1.29, 1.82) is 0 Å². The van der Waals surface area contributed by atoms with E-state index in [0.717, 1.165) is 11.3 Å². The number of hydrogen-bond acceptors (Lipinski definition) is 5. The summed E-state index contributed by atoms with van der Waals surface area (Å²) in [7, 11) is -2.99. The van der Waals surface area contributed by atoms with Gasteiger partial charge in [-0.3, -0.25) is 4.79 Å². The zero-order chi connectivity index (χ0) is 18.6. The molecule has 1 aromatic carbocycles. The molecule has 2 rings (SSSR count). The number of hydrogen-bond donors (Lipinski definition) is 1. The van der Waals surface area contributed by atoms with Crippen molar-refractivity contribution >= 4 is 21.4 Å². The van der Waals surface area contributed by atoms with E-state index in [0.29, 0.717) is 23.5 Å². The maximum absolute atomic E-state index is 12.5. The molecule has 0 aliphatic rings. The zero-order valence-electron chi connectivity index (χ0n) is 14.9. The minimum Gasteiger partial charge on any atom is -0.322 e. The van der Waals surface area contributed by atoms with Crippen molar-refractivity contribution < 1.29 is 13.2 Å². The topological polar surface area (TPSA) is 89.0 Å². The molecular formula is C18H23N3O3S. The van der Waals surface area contributed by atoms with Gasteiger partial charge in [-0.25, -0.2) is 18.4 Å². The SMILES string of the molecule is Cc1ncc(C(=O)Nc2ccc(CCS(C)(=O)=O)cc2)c(C(C)C)n1. The van der Waals surface area contributed by atoms with Crippen molar-refractivity contribution in [3.05, 3.63) is 53.1 Å². The van der Waals surface area contributed by atoms with Crippen molar-refractivity contribution in [1.82, 2.24) is 9.97 Å². The van der Waals surface area contributed by atoms with E-state index in [-0.39, 0.29) is 17.6 Å². The van der Waals surface area contributed by atoms with Crippen LogP contribution in [0.1, 0.15) is 47.2 Å². The predicted molar refractivity (Wildman–Crippen MR) is 98.7 cm³/mol. The van der Waals surface area contributed by atoms with Crippen molar-refractivity contribution in [3.63, 3.8) is 0 Å². The van der Waals surface area contributed by atoms with Gasteiger partial charge in [0.05, 0.1) is 17.0 Å². The lowest BCUT2D eigenvalue weighted by molar-refractivity contribution is 0.102. The van der Waals surface area contributed by atoms with Crippen LogP contribution in [0.4, 0.5) is 5.69 Å². The molecule has 1 amide bonds. The van der Waals surface area contributed by atoms with Gasteiger partial charge in [-0.15, -0.1) is 0 Å². The maximum Gasteiger partial charge on any atom is 0.259 e. The zero-order valence-corrected chi connectivity index (χ0v) is 15.7. The molecule has 0 radical (unpaired) electrons. The molecule has 1 aromatic heterocycles. The first kappa shape index (κ1) is 19.1. The molecule has 0 saturated heterocycles. The molecule has 0 bridgehead atoms. The molecule has 6 nitrogen and oxygen atoms in total. The summed E-state index contributed by atoms with van der Waals surface area (Å²) in [5, 5.41) is 2.84. The van der Waals surface area contributed by atoms with E-state index in [1.807, 2.05) is 26.0 Å². The first-order valence-electron chi connectivity index (χ1n) is 8.07. The predicted octanol–water partition coefficient (Wildman–Crippen LogP) is 2.75. The van der Waals surface area contributed by atoms with Crippen LogP contribution < -0.4 is 5.32 Å². The van der Waals surface area contributed by atoms with Crippen LogP contribution in [0.15, 0.2) is 30.5 Å². The number of benzene rings is 1. The van der Waals surface area contributed by atoms with Crippen LogP contribution >= 0.6 is 0 Å². The molecule has 25 heavy (non-hydrogen) atoms. The van der Waals surface area contributed by atoms with E-state index in [9.17, 15) is 13.2 Å². The third-order valence-electron chi connectivity index (χ3n) is 3.70. The Hall–Kier alpha value is -2.28. The van der Waals surface area contributed by atoms with Crippen LogP contribution in [0.2, 0.25) is 0 Å². The van der Waals surface area contributed by atoms with E-state index < -0.39 is 9.84 Å². The minimum absolute atomic E-state index is 0.108. The molecule has 7 heteroatoms. The van der Waals surface area contributed by atoms with Gasteiger partial charge in [0.15, 0.2) is 0 Å². The Kier molecular flexibility index (Phi) is 5.89. The third kappa shape index (κ3) is 5.63. The number of nitrogens with zero attached hydrogens (tertiary/aromatic N) is 2. The van der Waals surface area contributed by atoms with Gasteiger partial charge in [-0.05, 0) is 37.0 Å². The van der Waals surface area contributed by atoms with Crippen molar-refractivity contribution in [2.75, 3.05) is 17.3 Å². The van der Waals surface area contributed by atoms with E-state index >= 15 is 0 Å². The summed E-state index contributed by atoms with van der Waals surface area (Å²) in [6, 6.07) is 7.16. The van der Waals surface area contributed by atoms with Crippen molar-refractivity contribution in [3.8, 4) is 0 Å². The highest BCUT2D eigenvalue weighted by Gasteiger charge is 2.16. The Labute approximate surface area is 148 Å². The molecule has 0 aliphatic heterocycles. The monoisotopic (exact) mass is 361 g/mol. The van der Waals surface area contributed by atoms with Gasteiger partial charge in [-0.2, -0.15) is 0 Å². The number of aromatic nitrogens is 2. The second kappa shape index (κ2) is 7.74. The van der Waals surface area contributed by atoms with Gasteiger partial charge in [-0.1, -0.05) is 26.0 Å². The lowest BCUT2D eigenvalue weighted by Crippen LogP contribution is -2.17. The Balaban J connectivity index is 2.11. The van der Waals surface area contributed by atoms with Crippen LogP contribution in [-0.4, -0.2) is 36.3 Å². The largest absolute Gasteiger partial charge is 0.322 e. The van der Waals surface area contributed by atoms with Gasteiger partial charge >= 0.3 is 0 Å². The molecule has 0 spiro atoms. The molecular weight excluding hydrogens is 338 g/mol. The number of aryl methyl sites for hydroxylation is 2. The first-order valence-corrected chi connectivity index (χ1v) is 10.1. The smallest absolute Gasteiger partial charge is 0.259 e. The van der Waals surface area contributed by atoms with Gasteiger partial charge in [0.1, 0.15) is 15.7 Å². The number of anilines is 1. The second-order valence-corrected chi connectivity index (χ2v) is 8.66. The number of carbonyl (C=O) groups is 1. The fraction of sp³-hybridized carbons (Fsp3) is 0.389. The second-order valence-electron chi connectivity index (χ2n) is 6.40. The summed E-state index contributed by atoms with van der Waals surface area (Å²) in [6.45, 7) is 5.76. The number of rotatable bonds is 6. The Morgan fingerprint density at radius 2 is 1.84 bits per heavy atom. The van der Waals surface area contributed by atoms with Crippen LogP contribution in [-0.2, 0) is 16.3 Å². The average Bonchev–Trinajstić information content (AvgIpc) is 2.53. The molecule has 1 heterocycles. The van der Waals surface area contributed by atoms with Gasteiger partial charge in [0, 0.05) is 18.1 Å². The number of amides is 1. The Bertz CT molecular complexity index is 860. The summed E-state index contributed by atoms with van der Waals surface area (Å²) in [5.41, 5.74) is 2.73. The standard InChI is InChI=1S/C18H23N3O3S/c1-12(2)17-16(11-19-13(3)20-17)18(22)21-15-7-5-14(6-8-15)9-10-25(4,23)24/h5-8,11-12H,9-10H2,1-4H3,(H,21,22). The fourth-order valence-electron chi connectivity index (χ4n) is 2.36. The molecule has 0 fully saturated rings. The van der Waals surface area contributed by atoms with E-state index in [2.05, 4.69) is 15.3 Å². The van der Waals surface area contributed by atoms with Crippen LogP contribution in [0, 0.1) is 6.92 Å². The number of sulfone groups is 1. The summed E-state index contributed by atoms with van der Waals surface area (Å²) < 4.78 is 22.4. The number of carbonyl (C=O) groups excluding carboxylic acids is 1. The molecule has 0 aliphatic carbocycles. The Morgan fingerprint density at radius 1 is 1.20 bits per heavy atom. The van der Waals surface area contributed by atoms with E-state index in [4.69, 9.17) is 0 Å². The average molecular weight is 361 g/mol. The van der Waals surface area contributed by atoms with Crippen molar-refractivity contribution in [2.24, 2.45) is 0 Å². The highest BCUT2D eigenvalue weighted by Crippen LogP contribution is 2.18. The summed E-state index contributed by atoms with van der Waals surface area (Å²) in [5.74, 6) is 0.598. The molecule has 1 N–H and O–H groups in total. The first-order chi connectivity index (χ1) is 11.7. The van der Waals surface area contributed by atoms with Crippen LogP contribution in [0.25, 0.3) is 0 Å². The van der Waals surface area contributed by atoms with E-state index in [1.165, 1.54) is 6.26 Å². The molecule has 0 atom stereocenters. The Morgan fingerprint density at radius 3 is 2.40 bits per heavy atom. The van der Waals surface area contributed by atoms with Gasteiger partial charge in [0.2, 0.25) is 0 Å². The van der Waals surface area contributed by atoms with Gasteiger partial charge < -0.3 is 5.32 Å². The highest BCUT2D eigenvalue weighted by atomic mass is 32.2. The molecule has 0 unspecified atom stereocenters. The highest BCUT2D eigenvalue weighted by molar-refractivity contribution is 7.90. The normalized spacial score (nSPS) is 11.6. The summed E-state index contributed by atoms with van der Waals surface area (Å²) in [4.78, 5) is 21.0. The quantitative estimate of drug-likeness (QED) is 0.854. The molecule has 134 valence electrons. The van der Waals surface area contributed by atoms with E-state index in [1.54, 1.807) is 25.3 Å². The summed E-state index contributed by atoms with van der Waals surface area (Å²) >= 11 is 0. The van der Waals surface area contributed by atoms with Gasteiger partial charge in [0.25, 0.3) is 5.91 Å². The molecule has 0 saturated carbocycles. The van der Waals surface area contributed by atoms with Crippen LogP contribution in [0.3, 0.4) is 0 Å². The fourth-order valence-corrected chi connectivity index (χ4v) is 2.97. The third-order valence-corrected chi connectivity index (χ3v) is 4.65. The minimum atomic E-state index is -2.99. The van der Waals surface area contributed by atoms with Crippen LogP contribution in [0.5, 0.6) is 0 Å². The van der Waals surface area contributed by atoms with Crippen molar-refractivity contribution in [2.45, 2.75) is 33.1 Å². The maximum atomic E-state index is 12.5. The lowest BCUT2D eigenvalue weighted by atomic mass is 10.0.